The average molecular weight is 498 g/mol. The molecule has 1 amide bonds. The molecule has 0 saturated carbocycles. The molecule has 1 heterocycles. The Bertz CT molecular complexity index is 1040. The van der Waals surface area contributed by atoms with Crippen molar-refractivity contribution in [1.82, 2.24) is 9.88 Å². The monoisotopic (exact) mass is 497 g/mol. The molecule has 32 heavy (non-hydrogen) atoms. The number of rotatable bonds is 10. The zero-order valence-electron chi connectivity index (χ0n) is 18.8. The second kappa shape index (κ2) is 12.3. The molecule has 0 atom stereocenters. The van der Waals surface area contributed by atoms with Crippen LogP contribution in [-0.2, 0) is 0 Å². The van der Waals surface area contributed by atoms with Gasteiger partial charge in [0.2, 0.25) is 0 Å². The summed E-state index contributed by atoms with van der Waals surface area (Å²) < 4.78 is 12.3. The van der Waals surface area contributed by atoms with E-state index in [1.165, 1.54) is 11.3 Å². The smallest absolute Gasteiger partial charge is 0.260 e. The topological polar surface area (TPSA) is 54.9 Å². The molecule has 3 aromatic rings. The number of aromatic nitrogens is 1. The number of ether oxygens (including phenoxy) is 2. The number of carbonyl (C=O) groups is 1. The lowest BCUT2D eigenvalue weighted by atomic mass is 10.1. The summed E-state index contributed by atoms with van der Waals surface area (Å²) in [4.78, 5) is 22.1. The Hall–Kier alpha value is -2.06. The Balaban J connectivity index is 0.00000363. The Morgan fingerprint density at radius 3 is 2.44 bits per heavy atom. The summed E-state index contributed by atoms with van der Waals surface area (Å²) >= 11 is 7.61. The lowest BCUT2D eigenvalue weighted by Gasteiger charge is -2.21. The fraction of sp³-hybridized carbons (Fsp3) is 0.391. The van der Waals surface area contributed by atoms with Crippen molar-refractivity contribution in [3.63, 3.8) is 0 Å². The Morgan fingerprint density at radius 2 is 1.75 bits per heavy atom. The van der Waals surface area contributed by atoms with E-state index in [0.29, 0.717) is 47.0 Å². The predicted octanol–water partition coefficient (Wildman–Crippen LogP) is 5.77. The molecular weight excluding hydrogens is 469 g/mol. The van der Waals surface area contributed by atoms with E-state index in [2.05, 4.69) is 4.90 Å². The minimum Gasteiger partial charge on any atom is -0.490 e. The summed E-state index contributed by atoms with van der Waals surface area (Å²) in [5.74, 6) is 1.09. The van der Waals surface area contributed by atoms with E-state index in [-0.39, 0.29) is 18.3 Å². The van der Waals surface area contributed by atoms with Crippen LogP contribution in [0, 0.1) is 0 Å². The highest BCUT2D eigenvalue weighted by Crippen LogP contribution is 2.33. The van der Waals surface area contributed by atoms with E-state index in [4.69, 9.17) is 26.1 Å². The number of nitrogens with zero attached hydrogens (tertiary/aromatic N) is 3. The van der Waals surface area contributed by atoms with Crippen molar-refractivity contribution in [1.29, 1.82) is 0 Å². The van der Waals surface area contributed by atoms with Crippen molar-refractivity contribution in [3.8, 4) is 11.5 Å². The van der Waals surface area contributed by atoms with Gasteiger partial charge in [-0.15, -0.1) is 12.4 Å². The van der Waals surface area contributed by atoms with Gasteiger partial charge in [-0.05, 0) is 77.3 Å². The third kappa shape index (κ3) is 6.48. The molecule has 0 unspecified atom stereocenters. The first kappa shape index (κ1) is 26.2. The summed E-state index contributed by atoms with van der Waals surface area (Å²) in [6.07, 6.45) is 0.824. The molecule has 0 spiro atoms. The van der Waals surface area contributed by atoms with Gasteiger partial charge < -0.3 is 14.4 Å². The lowest BCUT2D eigenvalue weighted by molar-refractivity contribution is 0.0985. The maximum Gasteiger partial charge on any atom is 0.260 e. The summed E-state index contributed by atoms with van der Waals surface area (Å²) in [6, 6.07) is 10.9. The van der Waals surface area contributed by atoms with Gasteiger partial charge in [-0.25, -0.2) is 4.98 Å². The molecule has 174 valence electrons. The first-order valence-electron chi connectivity index (χ1n) is 10.3. The largest absolute Gasteiger partial charge is 0.490 e. The summed E-state index contributed by atoms with van der Waals surface area (Å²) in [5, 5.41) is 1.31. The minimum absolute atomic E-state index is 0. The molecule has 1 aromatic heterocycles. The van der Waals surface area contributed by atoms with E-state index in [0.717, 1.165) is 23.2 Å². The maximum absolute atomic E-state index is 13.5. The van der Waals surface area contributed by atoms with Crippen molar-refractivity contribution >= 4 is 56.6 Å². The number of hydrogen-bond acceptors (Lipinski definition) is 6. The Labute approximate surface area is 204 Å². The molecule has 0 N–H and O–H groups in total. The van der Waals surface area contributed by atoms with Crippen LogP contribution in [0.2, 0.25) is 5.02 Å². The van der Waals surface area contributed by atoms with Crippen molar-refractivity contribution in [2.24, 2.45) is 0 Å². The molecule has 9 heteroatoms. The number of anilines is 1. The van der Waals surface area contributed by atoms with Crippen LogP contribution in [0.5, 0.6) is 11.5 Å². The average Bonchev–Trinajstić information content (AvgIpc) is 3.15. The van der Waals surface area contributed by atoms with Crippen molar-refractivity contribution in [2.75, 3.05) is 45.3 Å². The number of amides is 1. The number of thiazole rings is 1. The number of fused-ring (bicyclic) bond motifs is 1. The standard InChI is InChI=1S/C23H28ClN3O3S.ClH/c1-5-29-19-11-8-16(14-20(19)30-6-2)22(28)27(13-7-12-26(3)4)23-25-18-10-9-17(24)15-21(18)31-23;/h8-11,14-15H,5-7,12-13H2,1-4H3;1H. The molecule has 0 aliphatic carbocycles. The van der Waals surface area contributed by atoms with Crippen LogP contribution in [0.15, 0.2) is 36.4 Å². The third-order valence-electron chi connectivity index (χ3n) is 4.59. The van der Waals surface area contributed by atoms with E-state index >= 15 is 0 Å². The van der Waals surface area contributed by atoms with E-state index < -0.39 is 0 Å². The molecule has 6 nitrogen and oxygen atoms in total. The fourth-order valence-electron chi connectivity index (χ4n) is 3.17. The lowest BCUT2D eigenvalue weighted by Crippen LogP contribution is -2.33. The zero-order chi connectivity index (χ0) is 22.4. The molecule has 0 bridgehead atoms. The number of hydrogen-bond donors (Lipinski definition) is 0. The third-order valence-corrected chi connectivity index (χ3v) is 5.87. The molecule has 0 aliphatic heterocycles. The van der Waals surface area contributed by atoms with Crippen LogP contribution in [-0.4, -0.2) is 56.2 Å². The van der Waals surface area contributed by atoms with E-state index in [1.807, 2.05) is 46.1 Å². The van der Waals surface area contributed by atoms with Gasteiger partial charge in [-0.2, -0.15) is 0 Å². The van der Waals surface area contributed by atoms with Crippen LogP contribution in [0.3, 0.4) is 0 Å². The van der Waals surface area contributed by atoms with Crippen LogP contribution in [0.1, 0.15) is 30.6 Å². The van der Waals surface area contributed by atoms with Gasteiger partial charge in [0.1, 0.15) is 0 Å². The van der Waals surface area contributed by atoms with Crippen LogP contribution in [0.25, 0.3) is 10.2 Å². The second-order valence-corrected chi connectivity index (χ2v) is 8.70. The van der Waals surface area contributed by atoms with Crippen LogP contribution < -0.4 is 14.4 Å². The van der Waals surface area contributed by atoms with Gasteiger partial charge in [0.25, 0.3) is 5.91 Å². The van der Waals surface area contributed by atoms with Crippen LogP contribution >= 0.6 is 35.3 Å². The number of halogens is 2. The maximum atomic E-state index is 13.5. The second-order valence-electron chi connectivity index (χ2n) is 7.25. The van der Waals surface area contributed by atoms with Gasteiger partial charge in [-0.3, -0.25) is 9.69 Å². The molecule has 3 rings (SSSR count). The van der Waals surface area contributed by atoms with Gasteiger partial charge in [0, 0.05) is 17.1 Å². The SMILES string of the molecule is CCOc1ccc(C(=O)N(CCCN(C)C)c2nc3ccc(Cl)cc3s2)cc1OCC.Cl. The van der Waals surface area contributed by atoms with E-state index in [1.54, 1.807) is 23.1 Å². The van der Waals surface area contributed by atoms with E-state index in [9.17, 15) is 4.79 Å². The van der Waals surface area contributed by atoms with Gasteiger partial charge in [0.15, 0.2) is 16.6 Å². The molecule has 2 aromatic carbocycles. The normalized spacial score (nSPS) is 10.8. The minimum atomic E-state index is -0.118. The molecule has 0 aliphatic rings. The summed E-state index contributed by atoms with van der Waals surface area (Å²) in [5.41, 5.74) is 1.37. The zero-order valence-corrected chi connectivity index (χ0v) is 21.1. The molecule has 0 saturated heterocycles. The molecular formula is C23H29Cl2N3O3S. The fourth-order valence-corrected chi connectivity index (χ4v) is 4.44. The number of benzene rings is 2. The molecule has 0 radical (unpaired) electrons. The quantitative estimate of drug-likeness (QED) is 0.355. The summed E-state index contributed by atoms with van der Waals surface area (Å²) in [7, 11) is 4.04. The van der Waals surface area contributed by atoms with Crippen molar-refractivity contribution < 1.29 is 14.3 Å². The Morgan fingerprint density at radius 1 is 1.03 bits per heavy atom. The number of carbonyl (C=O) groups excluding carboxylic acids is 1. The predicted molar refractivity (Wildman–Crippen MR) is 136 cm³/mol. The van der Waals surface area contributed by atoms with Crippen molar-refractivity contribution in [3.05, 3.63) is 47.0 Å². The van der Waals surface area contributed by atoms with Gasteiger partial charge in [-0.1, -0.05) is 22.9 Å². The summed E-state index contributed by atoms with van der Waals surface area (Å²) in [6.45, 7) is 6.27. The Kier molecular flexibility index (Phi) is 10.0. The van der Waals surface area contributed by atoms with Crippen LogP contribution in [0.4, 0.5) is 5.13 Å². The first-order valence-corrected chi connectivity index (χ1v) is 11.5. The highest BCUT2D eigenvalue weighted by Gasteiger charge is 2.22. The van der Waals surface area contributed by atoms with Crippen molar-refractivity contribution in [2.45, 2.75) is 20.3 Å². The highest BCUT2D eigenvalue weighted by molar-refractivity contribution is 7.22. The first-order chi connectivity index (χ1) is 14.9. The highest BCUT2D eigenvalue weighted by atomic mass is 35.5. The van der Waals surface area contributed by atoms with Gasteiger partial charge in [0.05, 0.1) is 23.4 Å². The molecule has 0 fully saturated rings. The van der Waals surface area contributed by atoms with Gasteiger partial charge >= 0.3 is 0 Å².